The number of rotatable bonds is 5. The third-order valence-electron chi connectivity index (χ3n) is 15.3. The molecule has 0 bridgehead atoms. The summed E-state index contributed by atoms with van der Waals surface area (Å²) in [4.78, 5) is 2.40. The molecule has 0 radical (unpaired) electrons. The SMILES string of the molecule is CC1(C)c2ccccc2C2(C3=C(C=CCC3)c3ccc(-c4ccc(N(c5ccc(-c6cccc7c6sc6ccccc67)cc5)c5cccc6oc7ccccc7c56)cc4)cc32)c2ccccc21. The van der Waals surface area contributed by atoms with E-state index in [-0.39, 0.29) is 10.8 Å². The third kappa shape index (κ3) is 5.44. The molecule has 67 heavy (non-hydrogen) atoms. The van der Waals surface area contributed by atoms with Gasteiger partial charge in [-0.25, -0.2) is 0 Å². The monoisotopic (exact) mass is 875 g/mol. The summed E-state index contributed by atoms with van der Waals surface area (Å²) in [5.74, 6) is 0. The standard InChI is InChI=1S/C64H45NOS/c1-63(2)52-21-7-9-23-54(52)64(55-24-10-8-22-53(55)63)51-20-6-3-15-46(51)47-38-33-42(39-56(47)64)40-29-34-43(35-30-40)65(57-25-14-27-59-61(57)50-17-4-11-26-58(50)66-59)44-36-31-41(32-37-44)45-18-13-19-49-48-16-5-12-28-60(48)67-62(45)49/h3-5,7-19,21-39H,6,20H2,1-2H3. The van der Waals surface area contributed by atoms with E-state index in [0.29, 0.717) is 0 Å². The summed E-state index contributed by atoms with van der Waals surface area (Å²) in [6.45, 7) is 4.81. The number of benzene rings is 9. The molecule has 0 atom stereocenters. The molecule has 0 aliphatic heterocycles. The second kappa shape index (κ2) is 14.4. The van der Waals surface area contributed by atoms with Gasteiger partial charge in [0.15, 0.2) is 0 Å². The topological polar surface area (TPSA) is 16.4 Å². The van der Waals surface area contributed by atoms with Crippen LogP contribution in [0.1, 0.15) is 60.1 Å². The molecule has 0 N–H and O–H groups in total. The molecule has 318 valence electrons. The van der Waals surface area contributed by atoms with Gasteiger partial charge < -0.3 is 9.32 Å². The first-order valence-electron chi connectivity index (χ1n) is 23.5. The van der Waals surface area contributed by atoms with Gasteiger partial charge in [0, 0.05) is 42.3 Å². The van der Waals surface area contributed by atoms with Crippen LogP contribution in [0.25, 0.3) is 69.9 Å². The van der Waals surface area contributed by atoms with Gasteiger partial charge in [-0.2, -0.15) is 0 Å². The maximum Gasteiger partial charge on any atom is 0.137 e. The lowest BCUT2D eigenvalue weighted by Gasteiger charge is -2.47. The van der Waals surface area contributed by atoms with Gasteiger partial charge in [-0.05, 0) is 134 Å². The van der Waals surface area contributed by atoms with Gasteiger partial charge in [0.2, 0.25) is 0 Å². The molecule has 0 fully saturated rings. The van der Waals surface area contributed by atoms with Crippen molar-refractivity contribution in [3.05, 3.63) is 251 Å². The van der Waals surface area contributed by atoms with E-state index in [1.807, 2.05) is 17.4 Å². The van der Waals surface area contributed by atoms with Gasteiger partial charge in [0.1, 0.15) is 11.2 Å². The average Bonchev–Trinajstić information content (AvgIpc) is 4.05. The molecule has 3 aliphatic rings. The molecular formula is C64H45NOS. The maximum atomic E-state index is 6.48. The summed E-state index contributed by atoms with van der Waals surface area (Å²) in [5.41, 5.74) is 20.8. The van der Waals surface area contributed by atoms with Crippen molar-refractivity contribution >= 4 is 76.1 Å². The van der Waals surface area contributed by atoms with E-state index in [1.54, 1.807) is 0 Å². The van der Waals surface area contributed by atoms with Crippen molar-refractivity contribution < 1.29 is 4.42 Å². The fraction of sp³-hybridized carbons (Fsp3) is 0.0938. The molecule has 3 aliphatic carbocycles. The Bertz CT molecular complexity index is 3850. The summed E-state index contributed by atoms with van der Waals surface area (Å²) in [6.07, 6.45) is 6.88. The largest absolute Gasteiger partial charge is 0.456 e. The van der Waals surface area contributed by atoms with Gasteiger partial charge in [-0.1, -0.05) is 172 Å². The van der Waals surface area contributed by atoms with Gasteiger partial charge in [0.05, 0.1) is 16.5 Å². The van der Waals surface area contributed by atoms with E-state index >= 15 is 0 Å². The van der Waals surface area contributed by atoms with Crippen LogP contribution in [0.2, 0.25) is 0 Å². The van der Waals surface area contributed by atoms with Crippen LogP contribution in [0, 0.1) is 0 Å². The lowest BCUT2D eigenvalue weighted by molar-refractivity contribution is 0.550. The third-order valence-corrected chi connectivity index (χ3v) is 16.5. The number of hydrogen-bond acceptors (Lipinski definition) is 3. The zero-order valence-electron chi connectivity index (χ0n) is 37.4. The van der Waals surface area contributed by atoms with Crippen molar-refractivity contribution in [1.82, 2.24) is 0 Å². The first-order valence-corrected chi connectivity index (χ1v) is 24.4. The lowest BCUT2D eigenvalue weighted by atomic mass is 9.54. The zero-order valence-corrected chi connectivity index (χ0v) is 38.2. The number of furan rings is 1. The molecule has 9 aromatic carbocycles. The molecule has 14 rings (SSSR count). The fourth-order valence-electron chi connectivity index (χ4n) is 12.3. The lowest BCUT2D eigenvalue weighted by Crippen LogP contribution is -2.41. The Morgan fingerprint density at radius 2 is 1.10 bits per heavy atom. The number of hydrogen-bond donors (Lipinski definition) is 0. The second-order valence-corrected chi connectivity index (χ2v) is 20.1. The second-order valence-electron chi connectivity index (χ2n) is 19.0. The summed E-state index contributed by atoms with van der Waals surface area (Å²) >= 11 is 1.88. The molecule has 0 unspecified atom stereocenters. The molecule has 3 heteroatoms. The summed E-state index contributed by atoms with van der Waals surface area (Å²) in [6, 6.07) is 74.5. The quantitative estimate of drug-likeness (QED) is 0.171. The smallest absolute Gasteiger partial charge is 0.137 e. The van der Waals surface area contributed by atoms with Crippen molar-refractivity contribution in [2.75, 3.05) is 4.90 Å². The first kappa shape index (κ1) is 38.5. The Morgan fingerprint density at radius 1 is 0.493 bits per heavy atom. The van der Waals surface area contributed by atoms with Crippen molar-refractivity contribution in [3.8, 4) is 22.3 Å². The summed E-state index contributed by atoms with van der Waals surface area (Å²) in [5, 5.41) is 4.84. The Kier molecular flexibility index (Phi) is 8.28. The van der Waals surface area contributed by atoms with Crippen molar-refractivity contribution in [1.29, 1.82) is 0 Å². The minimum atomic E-state index is -0.356. The number of allylic oxidation sites excluding steroid dienone is 4. The van der Waals surface area contributed by atoms with E-state index in [4.69, 9.17) is 4.42 Å². The molecule has 2 nitrogen and oxygen atoms in total. The van der Waals surface area contributed by atoms with Crippen LogP contribution in [-0.4, -0.2) is 0 Å². The van der Waals surface area contributed by atoms with E-state index in [1.165, 1.54) is 87.0 Å². The van der Waals surface area contributed by atoms with Crippen LogP contribution in [0.5, 0.6) is 0 Å². The van der Waals surface area contributed by atoms with E-state index in [0.717, 1.165) is 51.8 Å². The highest BCUT2D eigenvalue weighted by molar-refractivity contribution is 7.26. The van der Waals surface area contributed by atoms with E-state index in [2.05, 4.69) is 225 Å². The average molecular weight is 876 g/mol. The van der Waals surface area contributed by atoms with Crippen LogP contribution in [0.15, 0.2) is 222 Å². The molecule has 0 saturated heterocycles. The van der Waals surface area contributed by atoms with E-state index in [9.17, 15) is 0 Å². The highest BCUT2D eigenvalue weighted by atomic mass is 32.1. The fourth-order valence-corrected chi connectivity index (χ4v) is 13.5. The van der Waals surface area contributed by atoms with Gasteiger partial charge in [-0.15, -0.1) is 11.3 Å². The predicted molar refractivity (Wildman–Crippen MR) is 282 cm³/mol. The Hall–Kier alpha value is -7.72. The maximum absolute atomic E-state index is 6.48. The molecule has 2 heterocycles. The van der Waals surface area contributed by atoms with Crippen molar-refractivity contribution in [2.45, 2.75) is 37.5 Å². The number of nitrogens with zero attached hydrogens (tertiary/aromatic N) is 1. The predicted octanol–water partition coefficient (Wildman–Crippen LogP) is 17.8. The highest BCUT2D eigenvalue weighted by Gasteiger charge is 2.54. The van der Waals surface area contributed by atoms with Gasteiger partial charge >= 0.3 is 0 Å². The number of thiophene rings is 1. The normalized spacial score (nSPS) is 15.3. The minimum absolute atomic E-state index is 0.119. The van der Waals surface area contributed by atoms with Gasteiger partial charge in [-0.3, -0.25) is 0 Å². The Balaban J connectivity index is 0.913. The number of anilines is 3. The highest BCUT2D eigenvalue weighted by Crippen LogP contribution is 2.63. The molecule has 0 saturated carbocycles. The molecular weight excluding hydrogens is 831 g/mol. The molecule has 1 spiro atoms. The number of fused-ring (bicyclic) bond motifs is 14. The molecule has 2 aromatic heterocycles. The molecule has 0 amide bonds. The van der Waals surface area contributed by atoms with Crippen LogP contribution in [0.3, 0.4) is 0 Å². The van der Waals surface area contributed by atoms with Crippen LogP contribution >= 0.6 is 11.3 Å². The molecule has 11 aromatic rings. The Morgan fingerprint density at radius 3 is 1.87 bits per heavy atom. The Labute approximate surface area is 394 Å². The van der Waals surface area contributed by atoms with Crippen molar-refractivity contribution in [2.24, 2.45) is 0 Å². The van der Waals surface area contributed by atoms with Gasteiger partial charge in [0.25, 0.3) is 0 Å². The first-order chi connectivity index (χ1) is 33.0. The minimum Gasteiger partial charge on any atom is -0.456 e. The van der Waals surface area contributed by atoms with Crippen LogP contribution in [-0.2, 0) is 10.8 Å². The number of para-hydroxylation sites is 1. The summed E-state index contributed by atoms with van der Waals surface area (Å²) in [7, 11) is 0. The van der Waals surface area contributed by atoms with E-state index < -0.39 is 0 Å². The van der Waals surface area contributed by atoms with Crippen LogP contribution in [0.4, 0.5) is 17.1 Å². The van der Waals surface area contributed by atoms with Crippen LogP contribution < -0.4 is 4.90 Å². The summed E-state index contributed by atoms with van der Waals surface area (Å²) < 4.78 is 9.12. The van der Waals surface area contributed by atoms with Crippen molar-refractivity contribution in [3.63, 3.8) is 0 Å². The zero-order chi connectivity index (χ0) is 44.4.